The maximum atomic E-state index is 12.3. The molecule has 0 aliphatic carbocycles. The van der Waals surface area contributed by atoms with Gasteiger partial charge in [-0.1, -0.05) is 12.1 Å². The second-order valence-electron chi connectivity index (χ2n) is 4.08. The fourth-order valence-corrected chi connectivity index (χ4v) is 2.82. The molecule has 1 heterocycles. The fraction of sp³-hybridized carbons (Fsp3) is 0.417. The van der Waals surface area contributed by atoms with Crippen LogP contribution in [-0.4, -0.2) is 24.2 Å². The Hall–Kier alpha value is -1.14. The molecule has 1 aromatic carbocycles. The molecule has 6 heteroatoms. The van der Waals surface area contributed by atoms with E-state index in [0.29, 0.717) is 6.42 Å². The maximum Gasteiger partial charge on any atom is 0.390 e. The fourth-order valence-electron chi connectivity index (χ4n) is 1.77. The third-order valence-corrected chi connectivity index (χ3v) is 3.70. The van der Waals surface area contributed by atoms with E-state index in [4.69, 9.17) is 0 Å². The lowest BCUT2D eigenvalue weighted by molar-refractivity contribution is -0.139. The van der Waals surface area contributed by atoms with Crippen molar-refractivity contribution in [1.82, 2.24) is 10.3 Å². The summed E-state index contributed by atoms with van der Waals surface area (Å²) in [5, 5.41) is 3.43. The van der Waals surface area contributed by atoms with Gasteiger partial charge in [-0.3, -0.25) is 0 Å². The number of halogens is 3. The van der Waals surface area contributed by atoms with Gasteiger partial charge in [0.25, 0.3) is 0 Å². The molecule has 1 aromatic heterocycles. The molecular formula is C12H13F3N2S. The summed E-state index contributed by atoms with van der Waals surface area (Å²) in [6.45, 7) is 0. The van der Waals surface area contributed by atoms with Gasteiger partial charge in [0.15, 0.2) is 0 Å². The van der Waals surface area contributed by atoms with Gasteiger partial charge in [-0.2, -0.15) is 13.2 Å². The lowest BCUT2D eigenvalue weighted by Crippen LogP contribution is -2.32. The Morgan fingerprint density at radius 3 is 2.67 bits per heavy atom. The first kappa shape index (κ1) is 13.3. The van der Waals surface area contributed by atoms with Crippen LogP contribution in [0.15, 0.2) is 24.3 Å². The number of para-hydroxylation sites is 1. The molecule has 1 unspecified atom stereocenters. The van der Waals surface area contributed by atoms with E-state index in [-0.39, 0.29) is 0 Å². The molecule has 0 spiro atoms. The van der Waals surface area contributed by atoms with Gasteiger partial charge in [0.05, 0.1) is 21.6 Å². The van der Waals surface area contributed by atoms with Crippen molar-refractivity contribution in [3.8, 4) is 0 Å². The zero-order valence-corrected chi connectivity index (χ0v) is 10.6. The van der Waals surface area contributed by atoms with E-state index in [1.165, 1.54) is 11.3 Å². The van der Waals surface area contributed by atoms with Gasteiger partial charge >= 0.3 is 6.18 Å². The lowest BCUT2D eigenvalue weighted by Gasteiger charge is -2.16. The Bertz CT molecular complexity index is 488. The van der Waals surface area contributed by atoms with Crippen molar-refractivity contribution in [3.05, 3.63) is 29.3 Å². The molecule has 1 N–H and O–H groups in total. The summed E-state index contributed by atoms with van der Waals surface area (Å²) in [6.07, 6.45) is -4.68. The SMILES string of the molecule is CNC(Cc1nc2ccccc2s1)CC(F)(F)F. The number of hydrogen-bond donors (Lipinski definition) is 1. The van der Waals surface area contributed by atoms with Crippen molar-refractivity contribution in [3.63, 3.8) is 0 Å². The molecule has 18 heavy (non-hydrogen) atoms. The maximum absolute atomic E-state index is 12.3. The highest BCUT2D eigenvalue weighted by Crippen LogP contribution is 2.26. The standard InChI is InChI=1S/C12H13F3N2S/c1-16-8(7-12(13,14)15)6-11-17-9-4-2-3-5-10(9)18-11/h2-5,8,16H,6-7H2,1H3. The van der Waals surface area contributed by atoms with Crippen molar-refractivity contribution >= 4 is 21.6 Å². The van der Waals surface area contributed by atoms with Crippen molar-refractivity contribution in [2.75, 3.05) is 7.05 Å². The Labute approximate surface area is 107 Å². The summed E-state index contributed by atoms with van der Waals surface area (Å²) in [4.78, 5) is 4.34. The van der Waals surface area contributed by atoms with Gasteiger partial charge in [-0.25, -0.2) is 4.98 Å². The average Bonchev–Trinajstić information content (AvgIpc) is 2.68. The van der Waals surface area contributed by atoms with Crippen LogP contribution in [0.5, 0.6) is 0 Å². The Morgan fingerprint density at radius 1 is 1.33 bits per heavy atom. The van der Waals surface area contributed by atoms with E-state index in [0.717, 1.165) is 15.2 Å². The van der Waals surface area contributed by atoms with E-state index >= 15 is 0 Å². The highest BCUT2D eigenvalue weighted by Gasteiger charge is 2.31. The van der Waals surface area contributed by atoms with Crippen molar-refractivity contribution < 1.29 is 13.2 Å². The minimum Gasteiger partial charge on any atom is -0.316 e. The number of nitrogens with one attached hydrogen (secondary N) is 1. The van der Waals surface area contributed by atoms with E-state index < -0.39 is 18.6 Å². The minimum atomic E-state index is -4.15. The van der Waals surface area contributed by atoms with Crippen LogP contribution in [0.1, 0.15) is 11.4 Å². The second-order valence-corrected chi connectivity index (χ2v) is 5.20. The number of benzene rings is 1. The number of thiazole rings is 1. The summed E-state index contributed by atoms with van der Waals surface area (Å²) in [6, 6.07) is 6.94. The predicted molar refractivity (Wildman–Crippen MR) is 66.8 cm³/mol. The zero-order valence-electron chi connectivity index (χ0n) is 9.79. The lowest BCUT2D eigenvalue weighted by atomic mass is 10.1. The molecule has 0 amide bonds. The topological polar surface area (TPSA) is 24.9 Å². The zero-order chi connectivity index (χ0) is 13.2. The average molecular weight is 274 g/mol. The summed E-state index contributed by atoms with van der Waals surface area (Å²) >= 11 is 1.45. The van der Waals surface area contributed by atoms with Crippen LogP contribution in [0.4, 0.5) is 13.2 Å². The molecule has 1 atom stereocenters. The molecule has 2 rings (SSSR count). The number of aromatic nitrogens is 1. The smallest absolute Gasteiger partial charge is 0.316 e. The van der Waals surface area contributed by atoms with Gasteiger partial charge in [-0.15, -0.1) is 11.3 Å². The monoisotopic (exact) mass is 274 g/mol. The Kier molecular flexibility index (Phi) is 3.87. The van der Waals surface area contributed by atoms with Gasteiger partial charge in [0.2, 0.25) is 0 Å². The molecule has 2 aromatic rings. The third kappa shape index (κ3) is 3.43. The van der Waals surface area contributed by atoms with E-state index in [1.54, 1.807) is 7.05 Å². The van der Waals surface area contributed by atoms with Crippen LogP contribution in [0.2, 0.25) is 0 Å². The molecule has 0 aliphatic heterocycles. The number of hydrogen-bond acceptors (Lipinski definition) is 3. The number of rotatable bonds is 4. The van der Waals surface area contributed by atoms with Crippen LogP contribution in [-0.2, 0) is 6.42 Å². The largest absolute Gasteiger partial charge is 0.390 e. The number of likely N-dealkylation sites (N-methyl/N-ethyl adjacent to an activating group) is 1. The molecule has 0 saturated heterocycles. The van der Waals surface area contributed by atoms with Crippen LogP contribution in [0.3, 0.4) is 0 Å². The molecule has 0 saturated carbocycles. The van der Waals surface area contributed by atoms with Crippen LogP contribution < -0.4 is 5.32 Å². The van der Waals surface area contributed by atoms with Gasteiger partial charge in [-0.05, 0) is 19.2 Å². The highest BCUT2D eigenvalue weighted by molar-refractivity contribution is 7.18. The Balaban J connectivity index is 2.11. The molecule has 0 radical (unpaired) electrons. The summed E-state index contributed by atoms with van der Waals surface area (Å²) in [5.74, 6) is 0. The first-order valence-electron chi connectivity index (χ1n) is 5.56. The van der Waals surface area contributed by atoms with Crippen molar-refractivity contribution in [2.45, 2.75) is 25.1 Å². The van der Waals surface area contributed by atoms with Gasteiger partial charge in [0.1, 0.15) is 0 Å². The molecule has 0 fully saturated rings. The predicted octanol–water partition coefficient (Wildman–Crippen LogP) is 3.38. The van der Waals surface area contributed by atoms with Gasteiger partial charge < -0.3 is 5.32 Å². The number of fused-ring (bicyclic) bond motifs is 1. The summed E-state index contributed by atoms with van der Waals surface area (Å²) in [5.41, 5.74) is 0.847. The minimum absolute atomic E-state index is 0.301. The van der Waals surface area contributed by atoms with Crippen molar-refractivity contribution in [2.24, 2.45) is 0 Å². The van der Waals surface area contributed by atoms with E-state index in [9.17, 15) is 13.2 Å². The quantitative estimate of drug-likeness (QED) is 0.924. The Morgan fingerprint density at radius 2 is 2.06 bits per heavy atom. The summed E-state index contributed by atoms with van der Waals surface area (Å²) in [7, 11) is 1.55. The molecular weight excluding hydrogens is 261 g/mol. The van der Waals surface area contributed by atoms with Crippen LogP contribution >= 0.6 is 11.3 Å². The van der Waals surface area contributed by atoms with Crippen LogP contribution in [0.25, 0.3) is 10.2 Å². The molecule has 0 bridgehead atoms. The number of alkyl halides is 3. The first-order valence-corrected chi connectivity index (χ1v) is 6.38. The highest BCUT2D eigenvalue weighted by atomic mass is 32.1. The van der Waals surface area contributed by atoms with E-state index in [1.807, 2.05) is 24.3 Å². The van der Waals surface area contributed by atoms with Crippen LogP contribution in [0, 0.1) is 0 Å². The number of nitrogens with zero attached hydrogens (tertiary/aromatic N) is 1. The normalized spacial score (nSPS) is 14.0. The molecule has 2 nitrogen and oxygen atoms in total. The third-order valence-electron chi connectivity index (χ3n) is 2.65. The first-order chi connectivity index (χ1) is 8.48. The van der Waals surface area contributed by atoms with Crippen molar-refractivity contribution in [1.29, 1.82) is 0 Å². The second kappa shape index (κ2) is 5.24. The van der Waals surface area contributed by atoms with E-state index in [2.05, 4.69) is 10.3 Å². The van der Waals surface area contributed by atoms with Gasteiger partial charge in [0, 0.05) is 12.5 Å². The molecule has 98 valence electrons. The molecule has 0 aliphatic rings. The summed E-state index contributed by atoms with van der Waals surface area (Å²) < 4.78 is 38.0.